The van der Waals surface area contributed by atoms with Crippen LogP contribution >= 0.6 is 23.2 Å². The van der Waals surface area contributed by atoms with E-state index in [-0.39, 0.29) is 28.7 Å². The van der Waals surface area contributed by atoms with E-state index in [0.29, 0.717) is 17.3 Å². The molecule has 19 heavy (non-hydrogen) atoms. The van der Waals surface area contributed by atoms with Gasteiger partial charge < -0.3 is 10.4 Å². The van der Waals surface area contributed by atoms with Gasteiger partial charge in [-0.3, -0.25) is 4.79 Å². The Morgan fingerprint density at radius 3 is 2.53 bits per heavy atom. The van der Waals surface area contributed by atoms with E-state index in [9.17, 15) is 9.90 Å². The smallest absolute Gasteiger partial charge is 0.255 e. The maximum Gasteiger partial charge on any atom is 0.255 e. The van der Waals surface area contributed by atoms with Gasteiger partial charge in [0.25, 0.3) is 5.91 Å². The van der Waals surface area contributed by atoms with Gasteiger partial charge in [-0.2, -0.15) is 0 Å². The Bertz CT molecular complexity index is 455. The van der Waals surface area contributed by atoms with Gasteiger partial charge in [0.05, 0.1) is 5.56 Å². The molecule has 1 amide bonds. The second-order valence-electron chi connectivity index (χ2n) is 5.53. The number of carbonyl (C=O) groups is 1. The lowest BCUT2D eigenvalue weighted by Crippen LogP contribution is -2.44. The number of amides is 1. The molecule has 3 nitrogen and oxygen atoms in total. The molecule has 0 heterocycles. The van der Waals surface area contributed by atoms with Gasteiger partial charge in [-0.1, -0.05) is 32.4 Å². The molecular formula is C14H19Cl2NO2. The molecule has 0 aliphatic carbocycles. The van der Waals surface area contributed by atoms with Gasteiger partial charge in [-0.15, -0.1) is 11.6 Å². The number of halogens is 2. The standard InChI is InChI=1S/C14H19Cl2NO2/c1-14(2,3)12(6-7-15)17-13(19)10-5-4-9(16)8-11(10)18/h4-5,8,12,18H,6-7H2,1-3H3,(H,17,19). The Labute approximate surface area is 123 Å². The minimum absolute atomic E-state index is 0.0624. The molecule has 106 valence electrons. The van der Waals surface area contributed by atoms with Gasteiger partial charge in [0.2, 0.25) is 0 Å². The summed E-state index contributed by atoms with van der Waals surface area (Å²) in [5.74, 6) is 0.0252. The van der Waals surface area contributed by atoms with Crippen LogP contribution in [0.25, 0.3) is 0 Å². The predicted molar refractivity (Wildman–Crippen MR) is 79.2 cm³/mol. The van der Waals surface area contributed by atoms with Crippen molar-refractivity contribution >= 4 is 29.1 Å². The molecule has 1 rings (SSSR count). The fourth-order valence-electron chi connectivity index (χ4n) is 1.76. The number of aromatic hydroxyl groups is 1. The van der Waals surface area contributed by atoms with Crippen molar-refractivity contribution in [2.24, 2.45) is 5.41 Å². The van der Waals surface area contributed by atoms with Crippen LogP contribution in [0.2, 0.25) is 5.02 Å². The van der Waals surface area contributed by atoms with Crippen LogP contribution in [0, 0.1) is 5.41 Å². The van der Waals surface area contributed by atoms with Crippen molar-refractivity contribution in [1.29, 1.82) is 0 Å². The molecular weight excluding hydrogens is 285 g/mol. The topological polar surface area (TPSA) is 49.3 Å². The molecule has 0 radical (unpaired) electrons. The van der Waals surface area contributed by atoms with Crippen LogP contribution in [0.5, 0.6) is 5.75 Å². The molecule has 0 aromatic heterocycles. The number of phenolic OH excluding ortho intramolecular Hbond substituents is 1. The quantitative estimate of drug-likeness (QED) is 0.831. The third-order valence-electron chi connectivity index (χ3n) is 2.95. The Hall–Kier alpha value is -0.930. The van der Waals surface area contributed by atoms with Crippen LogP contribution in [0.3, 0.4) is 0 Å². The molecule has 5 heteroatoms. The predicted octanol–water partition coefficient (Wildman–Crippen LogP) is 3.82. The van der Waals surface area contributed by atoms with E-state index in [1.807, 2.05) is 20.8 Å². The third-order valence-corrected chi connectivity index (χ3v) is 3.41. The van der Waals surface area contributed by atoms with Crippen molar-refractivity contribution < 1.29 is 9.90 Å². The summed E-state index contributed by atoms with van der Waals surface area (Å²) in [4.78, 5) is 12.2. The lowest BCUT2D eigenvalue weighted by molar-refractivity contribution is 0.0898. The van der Waals surface area contributed by atoms with Crippen molar-refractivity contribution in [2.75, 3.05) is 5.88 Å². The van der Waals surface area contributed by atoms with Crippen LogP contribution < -0.4 is 5.32 Å². The van der Waals surface area contributed by atoms with Crippen LogP contribution in [-0.2, 0) is 0 Å². The molecule has 1 atom stereocenters. The van der Waals surface area contributed by atoms with E-state index in [4.69, 9.17) is 23.2 Å². The van der Waals surface area contributed by atoms with Crippen LogP contribution in [0.4, 0.5) is 0 Å². The number of benzene rings is 1. The lowest BCUT2D eigenvalue weighted by Gasteiger charge is -2.31. The molecule has 0 saturated heterocycles. The molecule has 1 aromatic rings. The fraction of sp³-hybridized carbons (Fsp3) is 0.500. The van der Waals surface area contributed by atoms with Crippen molar-refractivity contribution in [3.05, 3.63) is 28.8 Å². The van der Waals surface area contributed by atoms with Gasteiger partial charge in [0.1, 0.15) is 5.75 Å². The van der Waals surface area contributed by atoms with E-state index in [0.717, 1.165) is 0 Å². The average molecular weight is 304 g/mol. The van der Waals surface area contributed by atoms with Crippen LogP contribution in [-0.4, -0.2) is 22.9 Å². The molecule has 0 aliphatic rings. The maximum absolute atomic E-state index is 12.2. The summed E-state index contributed by atoms with van der Waals surface area (Å²) >= 11 is 11.5. The summed E-state index contributed by atoms with van der Waals surface area (Å²) in [6.07, 6.45) is 0.672. The van der Waals surface area contributed by atoms with Gasteiger partial charge >= 0.3 is 0 Å². The number of phenols is 1. The summed E-state index contributed by atoms with van der Waals surface area (Å²) in [6.45, 7) is 6.10. The van der Waals surface area contributed by atoms with Crippen LogP contribution in [0.15, 0.2) is 18.2 Å². The highest BCUT2D eigenvalue weighted by Gasteiger charge is 2.26. The van der Waals surface area contributed by atoms with Crippen molar-refractivity contribution in [3.63, 3.8) is 0 Å². The second-order valence-corrected chi connectivity index (χ2v) is 6.35. The Morgan fingerprint density at radius 2 is 2.05 bits per heavy atom. The average Bonchev–Trinajstić information content (AvgIpc) is 2.26. The summed E-state index contributed by atoms with van der Waals surface area (Å²) in [5.41, 5.74) is 0.111. The number of carbonyl (C=O) groups excluding carboxylic acids is 1. The molecule has 2 N–H and O–H groups in total. The summed E-state index contributed by atoms with van der Waals surface area (Å²) in [6, 6.07) is 4.37. The first kappa shape index (κ1) is 16.1. The summed E-state index contributed by atoms with van der Waals surface area (Å²) in [7, 11) is 0. The molecule has 0 fully saturated rings. The molecule has 0 bridgehead atoms. The van der Waals surface area contributed by atoms with E-state index >= 15 is 0 Å². The molecule has 1 aromatic carbocycles. The molecule has 0 aliphatic heterocycles. The Kier molecular flexibility index (Phi) is 5.50. The maximum atomic E-state index is 12.2. The van der Waals surface area contributed by atoms with Crippen molar-refractivity contribution in [1.82, 2.24) is 5.32 Å². The minimum Gasteiger partial charge on any atom is -0.507 e. The highest BCUT2D eigenvalue weighted by molar-refractivity contribution is 6.30. The Morgan fingerprint density at radius 1 is 1.42 bits per heavy atom. The highest BCUT2D eigenvalue weighted by atomic mass is 35.5. The van der Waals surface area contributed by atoms with Gasteiger partial charge in [0, 0.05) is 16.9 Å². The zero-order chi connectivity index (χ0) is 14.6. The first-order valence-corrected chi connectivity index (χ1v) is 7.02. The van der Waals surface area contributed by atoms with Crippen molar-refractivity contribution in [2.45, 2.75) is 33.2 Å². The zero-order valence-corrected chi connectivity index (χ0v) is 12.8. The summed E-state index contributed by atoms with van der Waals surface area (Å²) < 4.78 is 0. The van der Waals surface area contributed by atoms with E-state index in [1.54, 1.807) is 6.07 Å². The third kappa shape index (κ3) is 4.59. The first-order valence-electron chi connectivity index (χ1n) is 6.11. The SMILES string of the molecule is CC(C)(C)C(CCCl)NC(=O)c1ccc(Cl)cc1O. The second kappa shape index (κ2) is 6.49. The van der Waals surface area contributed by atoms with Crippen molar-refractivity contribution in [3.8, 4) is 5.75 Å². The van der Waals surface area contributed by atoms with E-state index < -0.39 is 0 Å². The van der Waals surface area contributed by atoms with Gasteiger partial charge in [0.15, 0.2) is 0 Å². The first-order chi connectivity index (χ1) is 8.75. The number of nitrogens with one attached hydrogen (secondary N) is 1. The normalized spacial score (nSPS) is 13.1. The fourth-order valence-corrected chi connectivity index (χ4v) is 2.15. The summed E-state index contributed by atoms with van der Waals surface area (Å²) in [5, 5.41) is 13.0. The van der Waals surface area contributed by atoms with E-state index in [1.165, 1.54) is 12.1 Å². The van der Waals surface area contributed by atoms with E-state index in [2.05, 4.69) is 5.32 Å². The monoisotopic (exact) mass is 303 g/mol. The van der Waals surface area contributed by atoms with Gasteiger partial charge in [-0.05, 0) is 30.0 Å². The Balaban J connectivity index is 2.88. The van der Waals surface area contributed by atoms with Gasteiger partial charge in [-0.25, -0.2) is 0 Å². The number of hydrogen-bond donors (Lipinski definition) is 2. The zero-order valence-electron chi connectivity index (χ0n) is 11.3. The number of rotatable bonds is 4. The number of hydrogen-bond acceptors (Lipinski definition) is 2. The molecule has 0 saturated carbocycles. The number of alkyl halides is 1. The molecule has 1 unspecified atom stereocenters. The highest BCUT2D eigenvalue weighted by Crippen LogP contribution is 2.25. The molecule has 0 spiro atoms. The lowest BCUT2D eigenvalue weighted by atomic mass is 9.85. The van der Waals surface area contributed by atoms with Crippen LogP contribution in [0.1, 0.15) is 37.6 Å². The minimum atomic E-state index is -0.320. The largest absolute Gasteiger partial charge is 0.507 e.